The lowest BCUT2D eigenvalue weighted by atomic mass is 10.1. The molecule has 0 spiro atoms. The molecule has 1 aromatic heterocycles. The van der Waals surface area contributed by atoms with Gasteiger partial charge in [0.15, 0.2) is 0 Å². The molecule has 0 atom stereocenters. The molecule has 102 valence electrons. The predicted octanol–water partition coefficient (Wildman–Crippen LogP) is 3.02. The van der Waals surface area contributed by atoms with Crippen molar-refractivity contribution in [2.24, 2.45) is 0 Å². The smallest absolute Gasteiger partial charge is 0.0762 e. The number of nitrogens with one attached hydrogen (secondary N) is 1. The molecule has 1 N–H and O–H groups in total. The lowest BCUT2D eigenvalue weighted by molar-refractivity contribution is 0.563. The molecule has 0 fully saturated rings. The van der Waals surface area contributed by atoms with E-state index in [9.17, 15) is 0 Å². The molecule has 0 unspecified atom stereocenters. The highest BCUT2D eigenvalue weighted by molar-refractivity contribution is 5.14. The molecule has 0 amide bonds. The van der Waals surface area contributed by atoms with E-state index in [1.807, 2.05) is 4.68 Å². The van der Waals surface area contributed by atoms with Crippen molar-refractivity contribution in [2.75, 3.05) is 6.54 Å². The standard InChI is InChI=1S/C16H23N3/c1-2-11-17-14-16-10-13-19(18-16)12-6-9-15-7-4-3-5-8-15/h3-5,7-8,10,13,17H,2,6,9,11-12,14H2,1H3. The first kappa shape index (κ1) is 13.8. The number of nitrogens with zero attached hydrogens (tertiary/aromatic N) is 2. The molecule has 0 bridgehead atoms. The molecule has 0 aliphatic carbocycles. The molecule has 0 radical (unpaired) electrons. The zero-order valence-corrected chi connectivity index (χ0v) is 11.7. The van der Waals surface area contributed by atoms with Crippen molar-refractivity contribution in [3.05, 3.63) is 53.9 Å². The molecule has 2 rings (SSSR count). The third-order valence-electron chi connectivity index (χ3n) is 3.12. The van der Waals surface area contributed by atoms with Crippen molar-refractivity contribution in [1.82, 2.24) is 15.1 Å². The van der Waals surface area contributed by atoms with Crippen LogP contribution in [-0.4, -0.2) is 16.3 Å². The minimum Gasteiger partial charge on any atom is -0.311 e. The molecule has 3 heteroatoms. The highest BCUT2D eigenvalue weighted by Gasteiger charge is 1.99. The van der Waals surface area contributed by atoms with Crippen LogP contribution in [0, 0.1) is 0 Å². The molecule has 0 saturated heterocycles. The molecule has 2 aromatic rings. The van der Waals surface area contributed by atoms with Crippen molar-refractivity contribution in [3.63, 3.8) is 0 Å². The van der Waals surface area contributed by atoms with Crippen LogP contribution in [0.1, 0.15) is 31.0 Å². The third kappa shape index (κ3) is 4.87. The number of aryl methyl sites for hydroxylation is 2. The van der Waals surface area contributed by atoms with E-state index in [1.54, 1.807) is 0 Å². The average molecular weight is 257 g/mol. The fraction of sp³-hybridized carbons (Fsp3) is 0.438. The topological polar surface area (TPSA) is 29.9 Å². The molecule has 19 heavy (non-hydrogen) atoms. The lowest BCUT2D eigenvalue weighted by Crippen LogP contribution is -2.14. The Labute approximate surface area is 115 Å². The van der Waals surface area contributed by atoms with Crippen molar-refractivity contribution in [1.29, 1.82) is 0 Å². The van der Waals surface area contributed by atoms with Gasteiger partial charge in [0.1, 0.15) is 0 Å². The maximum absolute atomic E-state index is 4.57. The Kier molecular flexibility index (Phi) is 5.63. The second-order valence-corrected chi connectivity index (χ2v) is 4.84. The Balaban J connectivity index is 1.71. The van der Waals surface area contributed by atoms with Crippen molar-refractivity contribution >= 4 is 0 Å². The number of rotatable bonds is 8. The van der Waals surface area contributed by atoms with Gasteiger partial charge in [0.05, 0.1) is 5.69 Å². The first-order chi connectivity index (χ1) is 9.38. The van der Waals surface area contributed by atoms with E-state index in [1.165, 1.54) is 5.56 Å². The van der Waals surface area contributed by atoms with Gasteiger partial charge < -0.3 is 5.32 Å². The molecule has 3 nitrogen and oxygen atoms in total. The molecular weight excluding hydrogens is 234 g/mol. The van der Waals surface area contributed by atoms with Crippen LogP contribution in [0.25, 0.3) is 0 Å². The van der Waals surface area contributed by atoms with Crippen molar-refractivity contribution < 1.29 is 0 Å². The van der Waals surface area contributed by atoms with Crippen LogP contribution in [0.3, 0.4) is 0 Å². The Hall–Kier alpha value is -1.61. The quantitative estimate of drug-likeness (QED) is 0.737. The van der Waals surface area contributed by atoms with Crippen molar-refractivity contribution in [3.8, 4) is 0 Å². The minimum atomic E-state index is 0.875. The van der Waals surface area contributed by atoms with Gasteiger partial charge in [-0.25, -0.2) is 0 Å². The molecular formula is C16H23N3. The van der Waals surface area contributed by atoms with Crippen molar-refractivity contribution in [2.45, 2.75) is 39.3 Å². The van der Waals surface area contributed by atoms with E-state index in [4.69, 9.17) is 0 Å². The van der Waals surface area contributed by atoms with Crippen LogP contribution in [0.2, 0.25) is 0 Å². The monoisotopic (exact) mass is 257 g/mol. The summed E-state index contributed by atoms with van der Waals surface area (Å²) in [6.07, 6.45) is 5.49. The summed E-state index contributed by atoms with van der Waals surface area (Å²) < 4.78 is 2.05. The predicted molar refractivity (Wildman–Crippen MR) is 79.0 cm³/mol. The molecule has 0 saturated carbocycles. The Morgan fingerprint density at radius 3 is 2.79 bits per heavy atom. The van der Waals surface area contributed by atoms with Crippen LogP contribution in [0.5, 0.6) is 0 Å². The van der Waals surface area contributed by atoms with Gasteiger partial charge >= 0.3 is 0 Å². The zero-order valence-electron chi connectivity index (χ0n) is 11.7. The fourth-order valence-corrected chi connectivity index (χ4v) is 2.11. The van der Waals surface area contributed by atoms with Crippen LogP contribution in [0.15, 0.2) is 42.6 Å². The lowest BCUT2D eigenvalue weighted by Gasteiger charge is -2.03. The summed E-state index contributed by atoms with van der Waals surface area (Å²) in [5.41, 5.74) is 2.53. The van der Waals surface area contributed by atoms with E-state index in [-0.39, 0.29) is 0 Å². The van der Waals surface area contributed by atoms with Crippen LogP contribution in [-0.2, 0) is 19.5 Å². The van der Waals surface area contributed by atoms with Crippen LogP contribution in [0.4, 0.5) is 0 Å². The summed E-state index contributed by atoms with van der Waals surface area (Å²) in [5, 5.41) is 7.94. The molecule has 1 heterocycles. The van der Waals surface area contributed by atoms with Gasteiger partial charge in [-0.15, -0.1) is 0 Å². The number of benzene rings is 1. The molecule has 0 aliphatic heterocycles. The van der Waals surface area contributed by atoms with Gasteiger partial charge in [0.2, 0.25) is 0 Å². The number of aromatic nitrogens is 2. The Bertz CT molecular complexity index is 462. The maximum Gasteiger partial charge on any atom is 0.0762 e. The van der Waals surface area contributed by atoms with E-state index in [0.717, 1.165) is 44.6 Å². The van der Waals surface area contributed by atoms with Gasteiger partial charge in [-0.3, -0.25) is 4.68 Å². The highest BCUT2D eigenvalue weighted by Crippen LogP contribution is 2.04. The van der Waals surface area contributed by atoms with Gasteiger partial charge in [-0.2, -0.15) is 5.10 Å². The zero-order chi connectivity index (χ0) is 13.3. The van der Waals surface area contributed by atoms with Gasteiger partial charge in [0.25, 0.3) is 0 Å². The summed E-state index contributed by atoms with van der Waals surface area (Å²) >= 11 is 0. The second kappa shape index (κ2) is 7.74. The largest absolute Gasteiger partial charge is 0.311 e. The van der Waals surface area contributed by atoms with Crippen LogP contribution >= 0.6 is 0 Å². The Morgan fingerprint density at radius 1 is 1.16 bits per heavy atom. The van der Waals surface area contributed by atoms with E-state index >= 15 is 0 Å². The van der Waals surface area contributed by atoms with E-state index < -0.39 is 0 Å². The number of hydrogen-bond acceptors (Lipinski definition) is 2. The van der Waals surface area contributed by atoms with Crippen LogP contribution < -0.4 is 5.32 Å². The first-order valence-electron chi connectivity index (χ1n) is 7.15. The minimum absolute atomic E-state index is 0.875. The SMILES string of the molecule is CCCNCc1ccn(CCCc2ccccc2)n1. The summed E-state index contributed by atoms with van der Waals surface area (Å²) in [7, 11) is 0. The summed E-state index contributed by atoms with van der Waals surface area (Å²) in [5.74, 6) is 0. The maximum atomic E-state index is 4.57. The normalized spacial score (nSPS) is 10.8. The number of hydrogen-bond donors (Lipinski definition) is 1. The molecule has 0 aliphatic rings. The second-order valence-electron chi connectivity index (χ2n) is 4.84. The summed E-state index contributed by atoms with van der Waals surface area (Å²) in [4.78, 5) is 0. The highest BCUT2D eigenvalue weighted by atomic mass is 15.3. The summed E-state index contributed by atoms with van der Waals surface area (Å²) in [6.45, 7) is 5.10. The first-order valence-corrected chi connectivity index (χ1v) is 7.15. The van der Waals surface area contributed by atoms with E-state index in [0.29, 0.717) is 0 Å². The fourth-order valence-electron chi connectivity index (χ4n) is 2.11. The molecule has 1 aromatic carbocycles. The third-order valence-corrected chi connectivity index (χ3v) is 3.12. The summed E-state index contributed by atoms with van der Waals surface area (Å²) in [6, 6.07) is 12.7. The van der Waals surface area contributed by atoms with E-state index in [2.05, 4.69) is 59.9 Å². The van der Waals surface area contributed by atoms with Gasteiger partial charge in [0, 0.05) is 19.3 Å². The average Bonchev–Trinajstić information content (AvgIpc) is 2.88. The Morgan fingerprint density at radius 2 is 2.00 bits per heavy atom. The van der Waals surface area contributed by atoms with Gasteiger partial charge in [-0.05, 0) is 37.4 Å². The van der Waals surface area contributed by atoms with Gasteiger partial charge in [-0.1, -0.05) is 37.3 Å².